The number of carbonyl (C=O) groups excluding carboxylic acids is 3. The number of hydrogen-bond acceptors (Lipinski definition) is 9. The van der Waals surface area contributed by atoms with Crippen LogP contribution in [0, 0.1) is 18.3 Å². The summed E-state index contributed by atoms with van der Waals surface area (Å²) in [6, 6.07) is 20.1. The first-order valence-electron chi connectivity index (χ1n) is 12.4. The number of para-hydroxylation sites is 2. The Morgan fingerprint density at radius 1 is 1.07 bits per heavy atom. The number of nitrogens with one attached hydrogen (secondary N) is 1. The van der Waals surface area contributed by atoms with Crippen LogP contribution < -0.4 is 5.32 Å². The van der Waals surface area contributed by atoms with Crippen LogP contribution in [-0.2, 0) is 14.3 Å². The number of esters is 2. The van der Waals surface area contributed by atoms with E-state index in [9.17, 15) is 19.6 Å². The minimum absolute atomic E-state index is 0.150. The predicted molar refractivity (Wildman–Crippen MR) is 150 cm³/mol. The van der Waals surface area contributed by atoms with E-state index >= 15 is 0 Å². The molecule has 3 aromatic carbocycles. The van der Waals surface area contributed by atoms with Crippen LogP contribution >= 0.6 is 11.3 Å². The summed E-state index contributed by atoms with van der Waals surface area (Å²) in [4.78, 5) is 43.4. The number of hydrogen-bond donors (Lipinski definition) is 1. The van der Waals surface area contributed by atoms with E-state index in [1.54, 1.807) is 26.0 Å². The SMILES string of the molecule is CCOC(=O)c1sc(NC(=O)C(C)OC(=O)c2cccc3cccc(-c4nc5ccccc5o4)c23)c(C#N)c1C. The van der Waals surface area contributed by atoms with Gasteiger partial charge in [0.25, 0.3) is 5.91 Å². The minimum Gasteiger partial charge on any atom is -0.462 e. The Kier molecular flexibility index (Phi) is 7.31. The summed E-state index contributed by atoms with van der Waals surface area (Å²) in [5.41, 5.74) is 2.71. The molecule has 9 nitrogen and oxygen atoms in total. The van der Waals surface area contributed by atoms with Crippen molar-refractivity contribution >= 4 is 56.1 Å². The summed E-state index contributed by atoms with van der Waals surface area (Å²) >= 11 is 0.936. The van der Waals surface area contributed by atoms with E-state index in [0.29, 0.717) is 33.5 Å². The van der Waals surface area contributed by atoms with Crippen LogP contribution in [0.15, 0.2) is 65.1 Å². The van der Waals surface area contributed by atoms with Gasteiger partial charge in [0.2, 0.25) is 5.89 Å². The van der Waals surface area contributed by atoms with E-state index in [4.69, 9.17) is 13.9 Å². The zero-order chi connectivity index (χ0) is 28.4. The number of aromatic nitrogens is 1. The zero-order valence-electron chi connectivity index (χ0n) is 21.8. The Balaban J connectivity index is 1.41. The lowest BCUT2D eigenvalue weighted by atomic mass is 9.99. The normalized spacial score (nSPS) is 11.7. The summed E-state index contributed by atoms with van der Waals surface area (Å²) in [6.45, 7) is 4.89. The third-order valence-corrected chi connectivity index (χ3v) is 7.45. The predicted octanol–water partition coefficient (Wildman–Crippen LogP) is 6.25. The van der Waals surface area contributed by atoms with Crippen molar-refractivity contribution in [3.8, 4) is 17.5 Å². The van der Waals surface area contributed by atoms with Crippen molar-refractivity contribution in [3.63, 3.8) is 0 Å². The van der Waals surface area contributed by atoms with Crippen LogP contribution in [0.25, 0.3) is 33.3 Å². The molecule has 0 radical (unpaired) electrons. The number of ether oxygens (including phenoxy) is 2. The monoisotopic (exact) mass is 553 g/mol. The van der Waals surface area contributed by atoms with Crippen molar-refractivity contribution in [2.24, 2.45) is 0 Å². The van der Waals surface area contributed by atoms with Crippen molar-refractivity contribution in [1.29, 1.82) is 5.26 Å². The summed E-state index contributed by atoms with van der Waals surface area (Å²) in [7, 11) is 0. The summed E-state index contributed by atoms with van der Waals surface area (Å²) < 4.78 is 16.6. The van der Waals surface area contributed by atoms with Crippen LogP contribution in [0.3, 0.4) is 0 Å². The Labute approximate surface area is 233 Å². The Bertz CT molecular complexity index is 1790. The van der Waals surface area contributed by atoms with E-state index in [1.165, 1.54) is 6.92 Å². The van der Waals surface area contributed by atoms with Crippen molar-refractivity contribution in [3.05, 3.63) is 82.2 Å². The van der Waals surface area contributed by atoms with Gasteiger partial charge >= 0.3 is 11.9 Å². The molecule has 200 valence electrons. The fourth-order valence-corrected chi connectivity index (χ4v) is 5.35. The highest BCUT2D eigenvalue weighted by Crippen LogP contribution is 2.35. The zero-order valence-corrected chi connectivity index (χ0v) is 22.6. The largest absolute Gasteiger partial charge is 0.462 e. The molecule has 0 aliphatic carbocycles. The molecule has 1 unspecified atom stereocenters. The molecule has 0 bridgehead atoms. The molecule has 10 heteroatoms. The summed E-state index contributed by atoms with van der Waals surface area (Å²) in [5.74, 6) is -1.59. The van der Waals surface area contributed by atoms with Crippen molar-refractivity contribution in [2.75, 3.05) is 11.9 Å². The number of nitrogens with zero attached hydrogens (tertiary/aromatic N) is 2. The van der Waals surface area contributed by atoms with Gasteiger partial charge < -0.3 is 19.2 Å². The smallest absolute Gasteiger partial charge is 0.348 e. The van der Waals surface area contributed by atoms with Gasteiger partial charge in [0.1, 0.15) is 21.5 Å². The van der Waals surface area contributed by atoms with Gasteiger partial charge in [0.15, 0.2) is 11.7 Å². The van der Waals surface area contributed by atoms with Crippen molar-refractivity contribution < 1.29 is 28.3 Å². The van der Waals surface area contributed by atoms with E-state index in [-0.39, 0.29) is 27.6 Å². The average molecular weight is 554 g/mol. The number of rotatable bonds is 7. The molecule has 0 spiro atoms. The molecule has 5 aromatic rings. The lowest BCUT2D eigenvalue weighted by Gasteiger charge is -2.15. The first kappa shape index (κ1) is 26.6. The highest BCUT2D eigenvalue weighted by molar-refractivity contribution is 7.18. The van der Waals surface area contributed by atoms with Crippen molar-refractivity contribution in [2.45, 2.75) is 26.9 Å². The number of anilines is 1. The maximum Gasteiger partial charge on any atom is 0.348 e. The van der Waals surface area contributed by atoms with Gasteiger partial charge in [-0.3, -0.25) is 4.79 Å². The molecule has 2 aromatic heterocycles. The highest BCUT2D eigenvalue weighted by Gasteiger charge is 2.26. The number of fused-ring (bicyclic) bond motifs is 2. The third kappa shape index (κ3) is 4.90. The lowest BCUT2D eigenvalue weighted by molar-refractivity contribution is -0.123. The molecular weight excluding hydrogens is 530 g/mol. The van der Waals surface area contributed by atoms with Gasteiger partial charge in [0, 0.05) is 10.9 Å². The standard InChI is InChI=1S/C30H23N3O6S/c1-4-37-30(36)25-16(2)21(15-31)28(40-25)33-26(34)17(3)38-29(35)20-12-8-10-18-9-7-11-19(24(18)20)27-32-22-13-5-6-14-23(22)39-27/h5-14,17H,4H2,1-3H3,(H,33,34). The molecule has 1 N–H and O–H groups in total. The van der Waals surface area contributed by atoms with Gasteiger partial charge in [-0.15, -0.1) is 11.3 Å². The van der Waals surface area contributed by atoms with Gasteiger partial charge in [-0.2, -0.15) is 5.26 Å². The second kappa shape index (κ2) is 11.0. The number of nitriles is 1. The third-order valence-electron chi connectivity index (χ3n) is 6.26. The number of oxazole rings is 1. The molecule has 1 atom stereocenters. The Morgan fingerprint density at radius 2 is 1.82 bits per heavy atom. The van der Waals surface area contributed by atoms with E-state index in [0.717, 1.165) is 16.7 Å². The van der Waals surface area contributed by atoms with Crippen molar-refractivity contribution in [1.82, 2.24) is 4.98 Å². The Morgan fingerprint density at radius 3 is 2.55 bits per heavy atom. The molecule has 0 aliphatic heterocycles. The maximum atomic E-state index is 13.4. The van der Waals surface area contributed by atoms with E-state index < -0.39 is 23.9 Å². The summed E-state index contributed by atoms with van der Waals surface area (Å²) in [6.07, 6.45) is -1.21. The maximum absolute atomic E-state index is 13.4. The van der Waals surface area contributed by atoms with E-state index in [1.807, 2.05) is 54.6 Å². The molecule has 40 heavy (non-hydrogen) atoms. The van der Waals surface area contributed by atoms with E-state index in [2.05, 4.69) is 10.3 Å². The fourth-order valence-electron chi connectivity index (χ4n) is 4.30. The van der Waals surface area contributed by atoms with Gasteiger partial charge in [0.05, 0.1) is 17.7 Å². The first-order chi connectivity index (χ1) is 19.3. The topological polar surface area (TPSA) is 132 Å². The first-order valence-corrected chi connectivity index (χ1v) is 13.2. The Hall–Kier alpha value is -5.01. The molecule has 0 saturated heterocycles. The molecule has 5 rings (SSSR count). The number of amides is 1. The van der Waals surface area contributed by atoms with Crippen LogP contribution in [-0.4, -0.2) is 35.5 Å². The molecule has 2 heterocycles. The molecule has 1 amide bonds. The van der Waals surface area contributed by atoms with Crippen LogP contribution in [0.4, 0.5) is 5.00 Å². The highest BCUT2D eigenvalue weighted by atomic mass is 32.1. The molecule has 0 aliphatic rings. The van der Waals surface area contributed by atoms with Gasteiger partial charge in [-0.05, 0) is 56.0 Å². The number of carbonyl (C=O) groups is 3. The fraction of sp³-hybridized carbons (Fsp3) is 0.167. The number of benzene rings is 3. The average Bonchev–Trinajstić information content (AvgIpc) is 3.52. The lowest BCUT2D eigenvalue weighted by Crippen LogP contribution is -2.30. The van der Waals surface area contributed by atoms with Crippen LogP contribution in [0.5, 0.6) is 0 Å². The number of thiophene rings is 1. The molecular formula is C30H23N3O6S. The summed E-state index contributed by atoms with van der Waals surface area (Å²) in [5, 5.41) is 13.7. The second-order valence-electron chi connectivity index (χ2n) is 8.83. The van der Waals surface area contributed by atoms with Gasteiger partial charge in [-0.1, -0.05) is 36.4 Å². The molecule has 0 saturated carbocycles. The van der Waals surface area contributed by atoms with Crippen LogP contribution in [0.1, 0.15) is 45.0 Å². The minimum atomic E-state index is -1.21. The van der Waals surface area contributed by atoms with Gasteiger partial charge in [-0.25, -0.2) is 14.6 Å². The quantitative estimate of drug-likeness (QED) is 0.234. The molecule has 0 fully saturated rings. The second-order valence-corrected chi connectivity index (χ2v) is 9.85. The van der Waals surface area contributed by atoms with Crippen LogP contribution in [0.2, 0.25) is 0 Å².